The monoisotopic (exact) mass is 224 g/mol. The first kappa shape index (κ1) is 12.5. The fraction of sp³-hybridized carbons (Fsp3) is 0.727. The molecule has 1 aliphatic rings. The molecule has 0 radical (unpaired) electrons. The van der Waals surface area contributed by atoms with Crippen molar-refractivity contribution in [3.8, 4) is 6.07 Å². The first-order chi connectivity index (χ1) is 7.33. The van der Waals surface area contributed by atoms with Crippen LogP contribution in [0.3, 0.4) is 0 Å². The second kappa shape index (κ2) is 4.52. The molecule has 2 atom stereocenters. The molecule has 2 unspecified atom stereocenters. The normalized spacial score (nSPS) is 25.0. The van der Waals surface area contributed by atoms with E-state index in [9.17, 15) is 9.59 Å². The van der Waals surface area contributed by atoms with Crippen LogP contribution >= 0.6 is 0 Å². The first-order valence-corrected chi connectivity index (χ1v) is 5.26. The Kier molecular flexibility index (Phi) is 3.53. The molecule has 0 spiro atoms. The summed E-state index contributed by atoms with van der Waals surface area (Å²) in [6.45, 7) is 5.25. The standard InChI is InChI=1S/C11H16N2O3/c1-11(2,3)16-10(15)13-8-5-4-7(6-12)9(8)14/h7-8H,4-5H2,1-3H3,(H,13,15). The molecule has 0 aliphatic heterocycles. The lowest BCUT2D eigenvalue weighted by Crippen LogP contribution is -2.41. The number of hydrogen-bond acceptors (Lipinski definition) is 4. The molecule has 0 aromatic carbocycles. The van der Waals surface area contributed by atoms with Gasteiger partial charge in [-0.25, -0.2) is 4.79 Å². The van der Waals surface area contributed by atoms with E-state index in [0.717, 1.165) is 0 Å². The number of nitrogens with zero attached hydrogens (tertiary/aromatic N) is 1. The number of rotatable bonds is 1. The van der Waals surface area contributed by atoms with Gasteiger partial charge in [0.05, 0.1) is 12.1 Å². The SMILES string of the molecule is CC(C)(C)OC(=O)NC1CCC(C#N)C1=O. The maximum atomic E-state index is 11.5. The molecule has 0 aromatic heterocycles. The lowest BCUT2D eigenvalue weighted by molar-refractivity contribution is -0.121. The molecule has 1 fully saturated rings. The Labute approximate surface area is 94.8 Å². The van der Waals surface area contributed by atoms with Gasteiger partial charge in [-0.05, 0) is 33.6 Å². The minimum atomic E-state index is -0.607. The summed E-state index contributed by atoms with van der Waals surface area (Å²) in [4.78, 5) is 22.9. The number of nitriles is 1. The minimum absolute atomic E-state index is 0.214. The predicted octanol–water partition coefficient (Wildman–Crippen LogP) is 1.38. The van der Waals surface area contributed by atoms with E-state index >= 15 is 0 Å². The van der Waals surface area contributed by atoms with Gasteiger partial charge in [-0.2, -0.15) is 5.26 Å². The number of amides is 1. The van der Waals surface area contributed by atoms with Crippen LogP contribution in [0.4, 0.5) is 4.79 Å². The predicted molar refractivity (Wildman–Crippen MR) is 56.5 cm³/mol. The topological polar surface area (TPSA) is 79.2 Å². The van der Waals surface area contributed by atoms with Crippen molar-refractivity contribution in [2.75, 3.05) is 0 Å². The van der Waals surface area contributed by atoms with E-state index in [1.807, 2.05) is 6.07 Å². The highest BCUT2D eigenvalue weighted by molar-refractivity contribution is 5.92. The van der Waals surface area contributed by atoms with Gasteiger partial charge in [0.1, 0.15) is 11.5 Å². The molecule has 1 rings (SSSR count). The molecule has 88 valence electrons. The molecular formula is C11H16N2O3. The van der Waals surface area contributed by atoms with E-state index in [-0.39, 0.29) is 5.78 Å². The summed E-state index contributed by atoms with van der Waals surface area (Å²) in [5.41, 5.74) is -0.583. The maximum absolute atomic E-state index is 11.5. The summed E-state index contributed by atoms with van der Waals surface area (Å²) in [6.07, 6.45) is 0.413. The van der Waals surface area contributed by atoms with Gasteiger partial charge in [0.25, 0.3) is 0 Å². The number of alkyl carbamates (subject to hydrolysis) is 1. The van der Waals surface area contributed by atoms with Gasteiger partial charge in [-0.3, -0.25) is 4.79 Å². The Morgan fingerprint density at radius 3 is 2.56 bits per heavy atom. The fourth-order valence-electron chi connectivity index (χ4n) is 1.58. The lowest BCUT2D eigenvalue weighted by Gasteiger charge is -2.21. The Morgan fingerprint density at radius 1 is 1.50 bits per heavy atom. The highest BCUT2D eigenvalue weighted by atomic mass is 16.6. The average Bonchev–Trinajstić information content (AvgIpc) is 2.44. The second-order valence-electron chi connectivity index (χ2n) is 4.86. The van der Waals surface area contributed by atoms with E-state index in [1.54, 1.807) is 20.8 Å². The van der Waals surface area contributed by atoms with Crippen LogP contribution < -0.4 is 5.32 Å². The summed E-state index contributed by atoms with van der Waals surface area (Å²) in [5.74, 6) is -0.798. The quantitative estimate of drug-likeness (QED) is 0.729. The van der Waals surface area contributed by atoms with Crippen LogP contribution in [0.1, 0.15) is 33.6 Å². The molecule has 1 amide bonds. The van der Waals surface area contributed by atoms with Crippen LogP contribution in [-0.2, 0) is 9.53 Å². The summed E-state index contributed by atoms with van der Waals surface area (Å²) in [5, 5.41) is 11.1. The van der Waals surface area contributed by atoms with E-state index in [2.05, 4.69) is 5.32 Å². The van der Waals surface area contributed by atoms with Crippen molar-refractivity contribution in [2.45, 2.75) is 45.3 Å². The Balaban J connectivity index is 2.48. The molecule has 5 heteroatoms. The molecule has 0 aromatic rings. The average molecular weight is 224 g/mol. The maximum Gasteiger partial charge on any atom is 0.408 e. The highest BCUT2D eigenvalue weighted by Crippen LogP contribution is 2.21. The highest BCUT2D eigenvalue weighted by Gasteiger charge is 2.35. The largest absolute Gasteiger partial charge is 0.444 e. The zero-order chi connectivity index (χ0) is 12.3. The smallest absolute Gasteiger partial charge is 0.408 e. The molecule has 1 aliphatic carbocycles. The molecule has 0 bridgehead atoms. The summed E-state index contributed by atoms with van der Waals surface area (Å²) < 4.78 is 5.03. The molecule has 0 heterocycles. The van der Waals surface area contributed by atoms with Crippen molar-refractivity contribution in [3.05, 3.63) is 0 Å². The summed E-state index contributed by atoms with van der Waals surface area (Å²) >= 11 is 0. The van der Waals surface area contributed by atoms with Gasteiger partial charge in [0, 0.05) is 0 Å². The molecule has 0 saturated heterocycles. The van der Waals surface area contributed by atoms with Crippen LogP contribution in [0.15, 0.2) is 0 Å². The van der Waals surface area contributed by atoms with Gasteiger partial charge in [0.15, 0.2) is 5.78 Å². The van der Waals surface area contributed by atoms with Crippen molar-refractivity contribution in [3.63, 3.8) is 0 Å². The van der Waals surface area contributed by atoms with Gasteiger partial charge in [-0.1, -0.05) is 0 Å². The van der Waals surface area contributed by atoms with Crippen LogP contribution in [0.2, 0.25) is 0 Å². The number of Topliss-reactive ketones (excluding diaryl/α,β-unsaturated/α-hetero) is 1. The Bertz CT molecular complexity index is 338. The third-order valence-electron chi connectivity index (χ3n) is 2.28. The lowest BCUT2D eigenvalue weighted by atomic mass is 10.1. The van der Waals surface area contributed by atoms with Crippen LogP contribution in [0.5, 0.6) is 0 Å². The molecule has 16 heavy (non-hydrogen) atoms. The van der Waals surface area contributed by atoms with Crippen molar-refractivity contribution >= 4 is 11.9 Å². The number of nitrogens with one attached hydrogen (secondary N) is 1. The Morgan fingerprint density at radius 2 is 2.12 bits per heavy atom. The zero-order valence-electron chi connectivity index (χ0n) is 9.74. The minimum Gasteiger partial charge on any atom is -0.444 e. The van der Waals surface area contributed by atoms with E-state index in [1.165, 1.54) is 0 Å². The zero-order valence-corrected chi connectivity index (χ0v) is 9.74. The van der Waals surface area contributed by atoms with E-state index < -0.39 is 23.7 Å². The molecule has 1 N–H and O–H groups in total. The van der Waals surface area contributed by atoms with Gasteiger partial charge >= 0.3 is 6.09 Å². The molecular weight excluding hydrogens is 208 g/mol. The van der Waals surface area contributed by atoms with Gasteiger partial charge < -0.3 is 10.1 Å². The molecule has 5 nitrogen and oxygen atoms in total. The Hall–Kier alpha value is -1.57. The van der Waals surface area contributed by atoms with Crippen molar-refractivity contribution in [1.82, 2.24) is 5.32 Å². The van der Waals surface area contributed by atoms with Crippen LogP contribution in [0.25, 0.3) is 0 Å². The first-order valence-electron chi connectivity index (χ1n) is 5.26. The number of carbonyl (C=O) groups excluding carboxylic acids is 2. The van der Waals surface area contributed by atoms with Gasteiger partial charge in [-0.15, -0.1) is 0 Å². The summed E-state index contributed by atoms with van der Waals surface area (Å²) in [6, 6.07) is 1.35. The number of ketones is 1. The third-order valence-corrected chi connectivity index (χ3v) is 2.28. The third kappa shape index (κ3) is 3.23. The van der Waals surface area contributed by atoms with Crippen molar-refractivity contribution < 1.29 is 14.3 Å². The molecule has 1 saturated carbocycles. The van der Waals surface area contributed by atoms with Gasteiger partial charge in [0.2, 0.25) is 0 Å². The number of carbonyl (C=O) groups is 2. The van der Waals surface area contributed by atoms with Crippen molar-refractivity contribution in [1.29, 1.82) is 5.26 Å². The number of hydrogen-bond donors (Lipinski definition) is 1. The second-order valence-corrected chi connectivity index (χ2v) is 4.86. The van der Waals surface area contributed by atoms with E-state index in [0.29, 0.717) is 12.8 Å². The van der Waals surface area contributed by atoms with E-state index in [4.69, 9.17) is 10.00 Å². The van der Waals surface area contributed by atoms with Crippen LogP contribution in [0, 0.1) is 17.2 Å². The van der Waals surface area contributed by atoms with Crippen LogP contribution in [-0.4, -0.2) is 23.5 Å². The summed E-state index contributed by atoms with van der Waals surface area (Å²) in [7, 11) is 0. The number of ether oxygens (including phenoxy) is 1. The fourth-order valence-corrected chi connectivity index (χ4v) is 1.58. The van der Waals surface area contributed by atoms with Crippen molar-refractivity contribution in [2.24, 2.45) is 5.92 Å².